The van der Waals surface area contributed by atoms with Crippen LogP contribution >= 0.6 is 0 Å². The zero-order chi connectivity index (χ0) is 22.5. The maximum absolute atomic E-state index is 12.8. The van der Waals surface area contributed by atoms with E-state index in [1.165, 1.54) is 6.92 Å². The number of nitrogens with one attached hydrogen (secondary N) is 1. The maximum atomic E-state index is 12.8. The molecule has 0 saturated carbocycles. The van der Waals surface area contributed by atoms with Crippen LogP contribution in [0.15, 0.2) is 54.3 Å². The molecule has 3 rings (SSSR count). The molecule has 31 heavy (non-hydrogen) atoms. The van der Waals surface area contributed by atoms with Gasteiger partial charge in [0.25, 0.3) is 11.8 Å². The van der Waals surface area contributed by atoms with Crippen LogP contribution in [-0.4, -0.2) is 40.3 Å². The summed E-state index contributed by atoms with van der Waals surface area (Å²) >= 11 is 0. The molecule has 2 aromatic rings. The van der Waals surface area contributed by atoms with Gasteiger partial charge in [-0.2, -0.15) is 0 Å². The Hall–Kier alpha value is -3.94. The lowest BCUT2D eigenvalue weighted by Gasteiger charge is -2.15. The van der Waals surface area contributed by atoms with Gasteiger partial charge >= 0.3 is 5.97 Å². The Labute approximate surface area is 179 Å². The third kappa shape index (κ3) is 4.80. The van der Waals surface area contributed by atoms with Gasteiger partial charge in [-0.15, -0.1) is 0 Å². The number of carbonyl (C=O) groups excluding carboxylic acids is 4. The van der Waals surface area contributed by atoms with Gasteiger partial charge in [-0.25, -0.2) is 4.79 Å². The molecule has 1 aliphatic heterocycles. The Morgan fingerprint density at radius 1 is 1.00 bits per heavy atom. The minimum atomic E-state index is -0.794. The molecule has 0 spiro atoms. The summed E-state index contributed by atoms with van der Waals surface area (Å²) in [6.07, 6.45) is 0.720. The second-order valence-corrected chi connectivity index (χ2v) is 7.01. The molecule has 8 nitrogen and oxygen atoms in total. The molecule has 2 N–H and O–H groups in total. The number of imide groups is 1. The monoisotopic (exact) mass is 422 g/mol. The second-order valence-electron chi connectivity index (χ2n) is 7.01. The van der Waals surface area contributed by atoms with E-state index >= 15 is 0 Å². The van der Waals surface area contributed by atoms with Crippen molar-refractivity contribution in [3.8, 4) is 0 Å². The number of carbonyl (C=O) groups is 4. The topological polar surface area (TPSA) is 113 Å². The first-order valence-electron chi connectivity index (χ1n) is 9.75. The maximum Gasteiger partial charge on any atom is 0.338 e. The van der Waals surface area contributed by atoms with Crippen molar-refractivity contribution in [3.63, 3.8) is 0 Å². The zero-order valence-electron chi connectivity index (χ0n) is 17.2. The van der Waals surface area contributed by atoms with Gasteiger partial charge in [0.1, 0.15) is 0 Å². The number of benzene rings is 2. The van der Waals surface area contributed by atoms with Crippen molar-refractivity contribution in [3.05, 3.63) is 71.0 Å². The van der Waals surface area contributed by atoms with E-state index in [2.05, 4.69) is 5.32 Å². The van der Waals surface area contributed by atoms with E-state index in [1.807, 2.05) is 6.92 Å². The standard InChI is InChI=1S/C23H22N2O6/c1-3-12-31-23(30)17-6-4-15(5-7-17)13-25-21(28)19(20(27)22(25)29)16-8-10-18(11-9-16)24-14(2)26/h4-11,27H,3,12-13H2,1-2H3,(H,24,26). The number of aliphatic hydroxyl groups excluding tert-OH is 1. The van der Waals surface area contributed by atoms with Crippen molar-refractivity contribution < 1.29 is 29.0 Å². The lowest BCUT2D eigenvalue weighted by Crippen LogP contribution is -2.31. The highest BCUT2D eigenvalue weighted by molar-refractivity contribution is 6.34. The van der Waals surface area contributed by atoms with Crippen LogP contribution in [0, 0.1) is 0 Å². The highest BCUT2D eigenvalue weighted by atomic mass is 16.5. The molecule has 2 aromatic carbocycles. The highest BCUT2D eigenvalue weighted by Crippen LogP contribution is 2.30. The zero-order valence-corrected chi connectivity index (χ0v) is 17.2. The minimum Gasteiger partial charge on any atom is -0.502 e. The van der Waals surface area contributed by atoms with E-state index in [0.29, 0.717) is 29.0 Å². The first kappa shape index (κ1) is 21.8. The van der Waals surface area contributed by atoms with E-state index in [9.17, 15) is 24.3 Å². The first-order valence-corrected chi connectivity index (χ1v) is 9.75. The van der Waals surface area contributed by atoms with Crippen LogP contribution in [-0.2, 0) is 25.7 Å². The average molecular weight is 422 g/mol. The molecule has 1 aliphatic rings. The third-order valence-electron chi connectivity index (χ3n) is 4.61. The van der Waals surface area contributed by atoms with Gasteiger partial charge in [-0.05, 0) is 41.8 Å². The Balaban J connectivity index is 1.73. The SMILES string of the molecule is CCCOC(=O)c1ccc(CN2C(=O)C(O)=C(c3ccc(NC(C)=O)cc3)C2=O)cc1. The molecule has 0 unspecified atom stereocenters. The smallest absolute Gasteiger partial charge is 0.338 e. The third-order valence-corrected chi connectivity index (χ3v) is 4.61. The van der Waals surface area contributed by atoms with Gasteiger partial charge < -0.3 is 15.2 Å². The number of hydrogen-bond donors (Lipinski definition) is 2. The summed E-state index contributed by atoms with van der Waals surface area (Å²) < 4.78 is 5.07. The van der Waals surface area contributed by atoms with Crippen LogP contribution < -0.4 is 5.32 Å². The predicted molar refractivity (Wildman–Crippen MR) is 113 cm³/mol. The van der Waals surface area contributed by atoms with Crippen molar-refractivity contribution in [2.75, 3.05) is 11.9 Å². The summed E-state index contributed by atoms with van der Waals surface area (Å²) in [5.74, 6) is -2.72. The summed E-state index contributed by atoms with van der Waals surface area (Å²) in [6, 6.07) is 12.6. The summed E-state index contributed by atoms with van der Waals surface area (Å²) in [6.45, 7) is 3.55. The van der Waals surface area contributed by atoms with Crippen LogP contribution in [0.1, 0.15) is 41.8 Å². The molecule has 0 radical (unpaired) electrons. The number of esters is 1. The van der Waals surface area contributed by atoms with E-state index in [1.54, 1.807) is 48.5 Å². The van der Waals surface area contributed by atoms with Crippen LogP contribution in [0.2, 0.25) is 0 Å². The van der Waals surface area contributed by atoms with Gasteiger partial charge in [0.05, 0.1) is 24.3 Å². The van der Waals surface area contributed by atoms with Crippen molar-refractivity contribution in [1.29, 1.82) is 0 Å². The van der Waals surface area contributed by atoms with Crippen molar-refractivity contribution >= 4 is 35.0 Å². The average Bonchev–Trinajstić information content (AvgIpc) is 2.96. The van der Waals surface area contributed by atoms with E-state index < -0.39 is 23.5 Å². The fourth-order valence-electron chi connectivity index (χ4n) is 3.10. The summed E-state index contributed by atoms with van der Waals surface area (Å²) in [4.78, 5) is 49.3. The molecule has 0 fully saturated rings. The quantitative estimate of drug-likeness (QED) is 0.524. The van der Waals surface area contributed by atoms with Crippen molar-refractivity contribution in [2.24, 2.45) is 0 Å². The molecule has 8 heteroatoms. The number of amides is 3. The lowest BCUT2D eigenvalue weighted by atomic mass is 10.0. The number of hydrogen-bond acceptors (Lipinski definition) is 6. The van der Waals surface area contributed by atoms with Gasteiger partial charge in [-0.3, -0.25) is 19.3 Å². The molecule has 160 valence electrons. The van der Waals surface area contributed by atoms with Crippen molar-refractivity contribution in [1.82, 2.24) is 4.90 Å². The Kier molecular flexibility index (Phi) is 6.49. The largest absolute Gasteiger partial charge is 0.502 e. The minimum absolute atomic E-state index is 0.0561. The molecule has 0 aromatic heterocycles. The molecule has 0 saturated heterocycles. The normalized spacial score (nSPS) is 13.5. The van der Waals surface area contributed by atoms with Crippen molar-refractivity contribution in [2.45, 2.75) is 26.8 Å². The Morgan fingerprint density at radius 2 is 1.65 bits per heavy atom. The second kappa shape index (κ2) is 9.25. The fraction of sp³-hybridized carbons (Fsp3) is 0.217. The molecule has 0 bridgehead atoms. The van der Waals surface area contributed by atoms with Crippen LogP contribution in [0.5, 0.6) is 0 Å². The predicted octanol–water partition coefficient (Wildman–Crippen LogP) is 3.05. The van der Waals surface area contributed by atoms with Gasteiger partial charge in [0.2, 0.25) is 5.91 Å². The number of anilines is 1. The van der Waals surface area contributed by atoms with E-state index in [4.69, 9.17) is 4.74 Å². The summed E-state index contributed by atoms with van der Waals surface area (Å²) in [5, 5.41) is 12.9. The van der Waals surface area contributed by atoms with Crippen LogP contribution in [0.3, 0.4) is 0 Å². The molecule has 1 heterocycles. The summed E-state index contributed by atoms with van der Waals surface area (Å²) in [5.41, 5.74) is 1.78. The Bertz CT molecular complexity index is 1050. The molecular formula is C23H22N2O6. The van der Waals surface area contributed by atoms with E-state index in [-0.39, 0.29) is 18.0 Å². The summed E-state index contributed by atoms with van der Waals surface area (Å²) in [7, 11) is 0. The number of aliphatic hydroxyl groups is 1. The number of rotatable bonds is 7. The van der Waals surface area contributed by atoms with Crippen LogP contribution in [0.25, 0.3) is 5.57 Å². The fourth-order valence-corrected chi connectivity index (χ4v) is 3.10. The van der Waals surface area contributed by atoms with E-state index in [0.717, 1.165) is 11.3 Å². The van der Waals surface area contributed by atoms with Gasteiger partial charge in [0.15, 0.2) is 5.76 Å². The van der Waals surface area contributed by atoms with Gasteiger partial charge in [0, 0.05) is 12.6 Å². The Morgan fingerprint density at radius 3 is 2.23 bits per heavy atom. The molecule has 0 aliphatic carbocycles. The highest BCUT2D eigenvalue weighted by Gasteiger charge is 2.39. The molecule has 3 amide bonds. The lowest BCUT2D eigenvalue weighted by molar-refractivity contribution is -0.138. The number of ether oxygens (including phenoxy) is 1. The van der Waals surface area contributed by atoms with Gasteiger partial charge in [-0.1, -0.05) is 31.2 Å². The first-order chi connectivity index (χ1) is 14.8. The molecule has 0 atom stereocenters. The number of nitrogens with zero attached hydrogens (tertiary/aromatic N) is 1. The van der Waals surface area contributed by atoms with Crippen LogP contribution in [0.4, 0.5) is 5.69 Å². The molecular weight excluding hydrogens is 400 g/mol.